The normalized spacial score (nSPS) is 21.8. The number of nitrogens with one attached hydrogen (secondary N) is 1. The summed E-state index contributed by atoms with van der Waals surface area (Å²) in [5.41, 5.74) is 0.383. The lowest BCUT2D eigenvalue weighted by Gasteiger charge is -2.15. The summed E-state index contributed by atoms with van der Waals surface area (Å²) in [6, 6.07) is 3.04. The first kappa shape index (κ1) is 15.4. The van der Waals surface area contributed by atoms with Crippen LogP contribution >= 0.6 is 23.2 Å². The van der Waals surface area contributed by atoms with Crippen molar-refractivity contribution in [3.8, 4) is 5.75 Å². The SMILES string of the molecule is COc1c(Cl)cc(C(=O)NCC2CCCC2O)cc1Cl. The lowest BCUT2D eigenvalue weighted by Crippen LogP contribution is -2.32. The van der Waals surface area contributed by atoms with Gasteiger partial charge in [0, 0.05) is 18.0 Å². The number of hydrogen-bond acceptors (Lipinski definition) is 3. The van der Waals surface area contributed by atoms with E-state index in [1.165, 1.54) is 19.2 Å². The van der Waals surface area contributed by atoms with Gasteiger partial charge in [-0.15, -0.1) is 0 Å². The Hall–Kier alpha value is -0.970. The molecule has 0 saturated heterocycles. The van der Waals surface area contributed by atoms with Crippen LogP contribution in [0.2, 0.25) is 10.0 Å². The molecule has 0 radical (unpaired) electrons. The van der Waals surface area contributed by atoms with Crippen molar-refractivity contribution in [3.05, 3.63) is 27.7 Å². The van der Waals surface area contributed by atoms with Gasteiger partial charge in [0.05, 0.1) is 23.3 Å². The maximum atomic E-state index is 12.1. The molecule has 1 aliphatic rings. The third-order valence-electron chi connectivity index (χ3n) is 3.61. The van der Waals surface area contributed by atoms with Gasteiger partial charge in [-0.05, 0) is 25.0 Å². The number of benzene rings is 1. The number of amides is 1. The minimum absolute atomic E-state index is 0.128. The molecule has 1 saturated carbocycles. The summed E-state index contributed by atoms with van der Waals surface area (Å²) in [5, 5.41) is 13.1. The van der Waals surface area contributed by atoms with Crippen molar-refractivity contribution in [2.24, 2.45) is 5.92 Å². The summed E-state index contributed by atoms with van der Waals surface area (Å²) in [4.78, 5) is 12.1. The highest BCUT2D eigenvalue weighted by Crippen LogP contribution is 2.33. The first-order valence-electron chi connectivity index (χ1n) is 6.52. The van der Waals surface area contributed by atoms with Crippen molar-refractivity contribution < 1.29 is 14.6 Å². The second-order valence-corrected chi connectivity index (χ2v) is 5.76. The highest BCUT2D eigenvalue weighted by molar-refractivity contribution is 6.37. The first-order chi connectivity index (χ1) is 9.52. The molecule has 2 N–H and O–H groups in total. The molecule has 1 aromatic carbocycles. The minimum Gasteiger partial charge on any atom is -0.494 e. The molecule has 110 valence electrons. The Bertz CT molecular complexity index is 484. The Kier molecular flexibility index (Phi) is 5.13. The number of carbonyl (C=O) groups excluding carboxylic acids is 1. The molecule has 0 bridgehead atoms. The molecule has 2 unspecified atom stereocenters. The zero-order chi connectivity index (χ0) is 14.7. The van der Waals surface area contributed by atoms with Gasteiger partial charge in [0.25, 0.3) is 5.91 Å². The second-order valence-electron chi connectivity index (χ2n) is 4.94. The number of hydrogen-bond donors (Lipinski definition) is 2. The summed E-state index contributed by atoms with van der Waals surface area (Å²) in [7, 11) is 1.47. The standard InChI is InChI=1S/C14H17Cl2NO3/c1-20-13-10(15)5-9(6-11(13)16)14(19)17-7-8-3-2-4-12(8)18/h5-6,8,12,18H,2-4,7H2,1H3,(H,17,19). The minimum atomic E-state index is -0.321. The maximum Gasteiger partial charge on any atom is 0.251 e. The first-order valence-corrected chi connectivity index (χ1v) is 7.27. The second kappa shape index (κ2) is 6.66. The van der Waals surface area contributed by atoms with E-state index in [1.54, 1.807) is 0 Å². The lowest BCUT2D eigenvalue weighted by molar-refractivity contribution is 0.0917. The van der Waals surface area contributed by atoms with E-state index in [0.717, 1.165) is 19.3 Å². The van der Waals surface area contributed by atoms with Crippen LogP contribution in [0.5, 0.6) is 5.75 Å². The summed E-state index contributed by atoms with van der Waals surface area (Å²) < 4.78 is 5.04. The van der Waals surface area contributed by atoms with Gasteiger partial charge >= 0.3 is 0 Å². The van der Waals surface area contributed by atoms with Crippen LogP contribution in [0.4, 0.5) is 0 Å². The van der Waals surface area contributed by atoms with Crippen LogP contribution in [-0.4, -0.2) is 30.8 Å². The van der Waals surface area contributed by atoms with E-state index in [0.29, 0.717) is 27.9 Å². The molecule has 20 heavy (non-hydrogen) atoms. The fourth-order valence-electron chi connectivity index (χ4n) is 2.47. The van der Waals surface area contributed by atoms with Gasteiger partial charge in [-0.3, -0.25) is 4.79 Å². The van der Waals surface area contributed by atoms with Crippen LogP contribution < -0.4 is 10.1 Å². The van der Waals surface area contributed by atoms with Crippen molar-refractivity contribution in [1.82, 2.24) is 5.32 Å². The number of halogens is 2. The van der Waals surface area contributed by atoms with Gasteiger partial charge in [-0.25, -0.2) is 0 Å². The Morgan fingerprint density at radius 1 is 1.40 bits per heavy atom. The average Bonchev–Trinajstić information content (AvgIpc) is 2.81. The van der Waals surface area contributed by atoms with Crippen molar-refractivity contribution in [1.29, 1.82) is 0 Å². The Morgan fingerprint density at radius 2 is 2.05 bits per heavy atom. The summed E-state index contributed by atoms with van der Waals surface area (Å²) >= 11 is 12.0. The van der Waals surface area contributed by atoms with Crippen LogP contribution in [0.3, 0.4) is 0 Å². The van der Waals surface area contributed by atoms with Crippen LogP contribution in [0.25, 0.3) is 0 Å². The van der Waals surface area contributed by atoms with Crippen molar-refractivity contribution in [3.63, 3.8) is 0 Å². The maximum absolute atomic E-state index is 12.1. The van der Waals surface area contributed by atoms with E-state index in [4.69, 9.17) is 27.9 Å². The van der Waals surface area contributed by atoms with Gasteiger partial charge in [0.2, 0.25) is 0 Å². The van der Waals surface area contributed by atoms with Crippen LogP contribution in [-0.2, 0) is 0 Å². The Labute approximate surface area is 128 Å². The van der Waals surface area contributed by atoms with Crippen molar-refractivity contribution in [2.75, 3.05) is 13.7 Å². The number of aliphatic hydroxyl groups excluding tert-OH is 1. The van der Waals surface area contributed by atoms with E-state index in [1.807, 2.05) is 0 Å². The molecule has 1 aromatic rings. The van der Waals surface area contributed by atoms with Gasteiger partial charge in [-0.2, -0.15) is 0 Å². The number of ether oxygens (including phenoxy) is 1. The van der Waals surface area contributed by atoms with E-state index >= 15 is 0 Å². The monoisotopic (exact) mass is 317 g/mol. The smallest absolute Gasteiger partial charge is 0.251 e. The van der Waals surface area contributed by atoms with Gasteiger partial charge in [-0.1, -0.05) is 29.6 Å². The van der Waals surface area contributed by atoms with Crippen LogP contribution in [0, 0.1) is 5.92 Å². The predicted octanol–water partition coefficient (Wildman–Crippen LogP) is 2.89. The number of aliphatic hydroxyl groups is 1. The molecule has 0 heterocycles. The third-order valence-corrected chi connectivity index (χ3v) is 4.17. The highest BCUT2D eigenvalue weighted by Gasteiger charge is 2.25. The summed E-state index contributed by atoms with van der Waals surface area (Å²) in [6.07, 6.45) is 2.42. The lowest BCUT2D eigenvalue weighted by atomic mass is 10.1. The van der Waals surface area contributed by atoms with E-state index < -0.39 is 0 Å². The fourth-order valence-corrected chi connectivity index (χ4v) is 3.11. The Balaban J connectivity index is 2.02. The van der Waals surface area contributed by atoms with Gasteiger partial charge in [0.1, 0.15) is 0 Å². The summed E-state index contributed by atoms with van der Waals surface area (Å²) in [5.74, 6) is 0.231. The quantitative estimate of drug-likeness (QED) is 0.897. The molecular formula is C14H17Cl2NO3. The fraction of sp³-hybridized carbons (Fsp3) is 0.500. The molecular weight excluding hydrogens is 301 g/mol. The topological polar surface area (TPSA) is 58.6 Å². The molecule has 6 heteroatoms. The zero-order valence-electron chi connectivity index (χ0n) is 11.2. The number of rotatable bonds is 4. The Morgan fingerprint density at radius 3 is 2.55 bits per heavy atom. The van der Waals surface area contributed by atoms with Crippen LogP contribution in [0.15, 0.2) is 12.1 Å². The average molecular weight is 318 g/mol. The molecule has 2 atom stereocenters. The van der Waals surface area contributed by atoms with Gasteiger partial charge in [0.15, 0.2) is 5.75 Å². The van der Waals surface area contributed by atoms with Crippen molar-refractivity contribution >= 4 is 29.1 Å². The summed E-state index contributed by atoms with van der Waals surface area (Å²) in [6.45, 7) is 0.460. The molecule has 0 aliphatic heterocycles. The molecule has 4 nitrogen and oxygen atoms in total. The van der Waals surface area contributed by atoms with Crippen molar-refractivity contribution in [2.45, 2.75) is 25.4 Å². The molecule has 0 aromatic heterocycles. The molecule has 2 rings (SSSR count). The molecule has 1 aliphatic carbocycles. The molecule has 0 spiro atoms. The third kappa shape index (κ3) is 3.37. The molecule has 1 fully saturated rings. The predicted molar refractivity (Wildman–Crippen MR) is 78.7 cm³/mol. The van der Waals surface area contributed by atoms with Crippen LogP contribution in [0.1, 0.15) is 29.6 Å². The molecule has 1 amide bonds. The highest BCUT2D eigenvalue weighted by atomic mass is 35.5. The van der Waals surface area contributed by atoms with E-state index in [2.05, 4.69) is 5.32 Å². The zero-order valence-corrected chi connectivity index (χ0v) is 12.7. The van der Waals surface area contributed by atoms with Gasteiger partial charge < -0.3 is 15.2 Å². The van der Waals surface area contributed by atoms with E-state index in [-0.39, 0.29) is 17.9 Å². The number of carbonyl (C=O) groups is 1. The largest absolute Gasteiger partial charge is 0.494 e. The van der Waals surface area contributed by atoms with E-state index in [9.17, 15) is 9.90 Å². The number of methoxy groups -OCH3 is 1.